The smallest absolute Gasteiger partial charge is 0.274 e. The third-order valence-electron chi connectivity index (χ3n) is 5.26. The molecule has 1 unspecified atom stereocenters. The van der Waals surface area contributed by atoms with E-state index in [1.54, 1.807) is 0 Å². The van der Waals surface area contributed by atoms with E-state index in [1.165, 1.54) is 11.1 Å². The van der Waals surface area contributed by atoms with Crippen LogP contribution in [0.2, 0.25) is 0 Å². The van der Waals surface area contributed by atoms with Crippen molar-refractivity contribution in [2.24, 2.45) is 0 Å². The first-order valence-corrected chi connectivity index (χ1v) is 8.98. The summed E-state index contributed by atoms with van der Waals surface area (Å²) in [7, 11) is 0. The Hall–Kier alpha value is -2.21. The average Bonchev–Trinajstić information content (AvgIpc) is 2.99. The van der Waals surface area contributed by atoms with Crippen LogP contribution in [0, 0.1) is 20.8 Å². The second kappa shape index (κ2) is 7.35. The number of carbonyl (C=O) groups excluding carboxylic acids is 1. The molecule has 1 atom stereocenters. The predicted octanol–water partition coefficient (Wildman–Crippen LogP) is 2.62. The first-order chi connectivity index (χ1) is 12.0. The minimum Gasteiger partial charge on any atom is -0.344 e. The van der Waals surface area contributed by atoms with Crippen molar-refractivity contribution in [2.75, 3.05) is 13.1 Å². The van der Waals surface area contributed by atoms with Crippen molar-refractivity contribution in [3.8, 4) is 0 Å². The Bertz CT molecular complexity index is 761. The van der Waals surface area contributed by atoms with Crippen LogP contribution in [0.5, 0.6) is 0 Å². The quantitative estimate of drug-likeness (QED) is 0.897. The molecule has 1 aliphatic heterocycles. The molecule has 6 nitrogen and oxygen atoms in total. The fraction of sp³-hybridized carbons (Fsp3) is 0.526. The number of benzene rings is 1. The number of hydrogen-bond acceptors (Lipinski definition) is 4. The highest BCUT2D eigenvalue weighted by atomic mass is 16.2. The number of nitrogens with one attached hydrogen (secondary N) is 2. The molecule has 25 heavy (non-hydrogen) atoms. The van der Waals surface area contributed by atoms with Crippen LogP contribution in [0.1, 0.15) is 64.7 Å². The summed E-state index contributed by atoms with van der Waals surface area (Å²) in [6, 6.07) is 6.43. The van der Waals surface area contributed by atoms with Crippen molar-refractivity contribution >= 4 is 5.91 Å². The number of carbonyl (C=O) groups is 1. The van der Waals surface area contributed by atoms with Gasteiger partial charge in [0, 0.05) is 0 Å². The molecule has 134 valence electrons. The largest absolute Gasteiger partial charge is 0.344 e. The van der Waals surface area contributed by atoms with Gasteiger partial charge in [0.2, 0.25) is 0 Å². The van der Waals surface area contributed by atoms with E-state index in [-0.39, 0.29) is 11.9 Å². The SMILES string of the molecule is Cc1cccc(C(C)NC(=O)c2nnn(C3CCNCC3)c2C)c1C. The topological polar surface area (TPSA) is 71.8 Å². The first-order valence-electron chi connectivity index (χ1n) is 8.98. The molecule has 0 radical (unpaired) electrons. The van der Waals surface area contributed by atoms with Crippen molar-refractivity contribution in [1.29, 1.82) is 0 Å². The Kier molecular flexibility index (Phi) is 5.18. The van der Waals surface area contributed by atoms with Crippen LogP contribution in [0.4, 0.5) is 0 Å². The van der Waals surface area contributed by atoms with Gasteiger partial charge in [0.1, 0.15) is 0 Å². The number of aryl methyl sites for hydroxylation is 1. The number of rotatable bonds is 4. The van der Waals surface area contributed by atoms with Crippen molar-refractivity contribution in [3.05, 3.63) is 46.3 Å². The van der Waals surface area contributed by atoms with E-state index in [0.29, 0.717) is 11.7 Å². The van der Waals surface area contributed by atoms with Crippen LogP contribution in [0.15, 0.2) is 18.2 Å². The number of nitrogens with zero attached hydrogens (tertiary/aromatic N) is 3. The first kappa shape index (κ1) is 17.6. The summed E-state index contributed by atoms with van der Waals surface area (Å²) in [6.45, 7) is 10.1. The molecule has 3 rings (SSSR count). The maximum absolute atomic E-state index is 12.7. The van der Waals surface area contributed by atoms with Crippen molar-refractivity contribution in [1.82, 2.24) is 25.6 Å². The molecule has 1 fully saturated rings. The monoisotopic (exact) mass is 341 g/mol. The Balaban J connectivity index is 1.75. The molecule has 0 bridgehead atoms. The van der Waals surface area contributed by atoms with Crippen molar-refractivity contribution in [3.63, 3.8) is 0 Å². The van der Waals surface area contributed by atoms with E-state index >= 15 is 0 Å². The van der Waals surface area contributed by atoms with Crippen molar-refractivity contribution in [2.45, 2.75) is 52.6 Å². The fourth-order valence-electron chi connectivity index (χ4n) is 3.53. The lowest BCUT2D eigenvalue weighted by Gasteiger charge is -2.23. The van der Waals surface area contributed by atoms with E-state index in [2.05, 4.69) is 46.9 Å². The molecule has 0 spiro atoms. The number of piperidine rings is 1. The van der Waals surface area contributed by atoms with Crippen molar-refractivity contribution < 1.29 is 4.79 Å². The lowest BCUT2D eigenvalue weighted by atomic mass is 9.98. The Morgan fingerprint density at radius 3 is 2.72 bits per heavy atom. The van der Waals surface area contributed by atoms with Gasteiger partial charge in [-0.15, -0.1) is 5.10 Å². The van der Waals surface area contributed by atoms with Crippen LogP contribution in [-0.4, -0.2) is 34.0 Å². The van der Waals surface area contributed by atoms with E-state index < -0.39 is 0 Å². The maximum Gasteiger partial charge on any atom is 0.274 e. The summed E-state index contributed by atoms with van der Waals surface area (Å²) < 4.78 is 1.92. The summed E-state index contributed by atoms with van der Waals surface area (Å²) in [4.78, 5) is 12.7. The van der Waals surface area contributed by atoms with Crippen LogP contribution < -0.4 is 10.6 Å². The normalized spacial score (nSPS) is 16.6. The lowest BCUT2D eigenvalue weighted by molar-refractivity contribution is 0.0934. The van der Waals surface area contributed by atoms with Gasteiger partial charge >= 0.3 is 0 Å². The van der Waals surface area contributed by atoms with E-state index in [9.17, 15) is 4.79 Å². The molecule has 1 amide bonds. The van der Waals surface area contributed by atoms with Crippen LogP contribution >= 0.6 is 0 Å². The molecule has 1 aromatic heterocycles. The Morgan fingerprint density at radius 1 is 1.28 bits per heavy atom. The minimum atomic E-state index is -0.161. The van der Waals surface area contributed by atoms with E-state index in [1.807, 2.05) is 24.6 Å². The maximum atomic E-state index is 12.7. The van der Waals surface area contributed by atoms with Gasteiger partial charge in [-0.25, -0.2) is 4.68 Å². The van der Waals surface area contributed by atoms with Crippen LogP contribution in [0.3, 0.4) is 0 Å². The van der Waals surface area contributed by atoms with Gasteiger partial charge in [-0.3, -0.25) is 4.79 Å². The van der Waals surface area contributed by atoms with Gasteiger partial charge in [0.15, 0.2) is 5.69 Å². The molecule has 1 aliphatic rings. The zero-order chi connectivity index (χ0) is 18.0. The summed E-state index contributed by atoms with van der Waals surface area (Å²) in [5.41, 5.74) is 4.85. The van der Waals surface area contributed by atoms with Gasteiger partial charge in [0.25, 0.3) is 5.91 Å². The zero-order valence-electron chi connectivity index (χ0n) is 15.5. The summed E-state index contributed by atoms with van der Waals surface area (Å²) >= 11 is 0. The highest BCUT2D eigenvalue weighted by Gasteiger charge is 2.24. The van der Waals surface area contributed by atoms with E-state index in [0.717, 1.165) is 37.2 Å². The summed E-state index contributed by atoms with van der Waals surface area (Å²) in [5, 5.41) is 14.8. The van der Waals surface area contributed by atoms with Crippen LogP contribution in [0.25, 0.3) is 0 Å². The third kappa shape index (κ3) is 3.58. The third-order valence-corrected chi connectivity index (χ3v) is 5.26. The average molecular weight is 341 g/mol. The highest BCUT2D eigenvalue weighted by Crippen LogP contribution is 2.22. The molecule has 1 saturated heterocycles. The molecule has 0 aliphatic carbocycles. The second-order valence-electron chi connectivity index (χ2n) is 6.93. The van der Waals surface area contributed by atoms with Gasteiger partial charge in [-0.2, -0.15) is 0 Å². The summed E-state index contributed by atoms with van der Waals surface area (Å²) in [6.07, 6.45) is 2.04. The Labute approximate surface area is 149 Å². The molecule has 6 heteroatoms. The molecule has 1 aromatic carbocycles. The minimum absolute atomic E-state index is 0.0733. The molecule has 0 saturated carbocycles. The number of amides is 1. The summed E-state index contributed by atoms with van der Waals surface area (Å²) in [5.74, 6) is -0.161. The van der Waals surface area contributed by atoms with E-state index in [4.69, 9.17) is 0 Å². The van der Waals surface area contributed by atoms with Gasteiger partial charge < -0.3 is 10.6 Å². The number of aromatic nitrogens is 3. The zero-order valence-corrected chi connectivity index (χ0v) is 15.5. The highest BCUT2D eigenvalue weighted by molar-refractivity contribution is 5.93. The predicted molar refractivity (Wildman–Crippen MR) is 97.7 cm³/mol. The van der Waals surface area contributed by atoms with Gasteiger partial charge in [-0.1, -0.05) is 23.4 Å². The fourth-order valence-corrected chi connectivity index (χ4v) is 3.53. The number of hydrogen-bond donors (Lipinski definition) is 2. The molecule has 2 N–H and O–H groups in total. The van der Waals surface area contributed by atoms with Crippen LogP contribution in [-0.2, 0) is 0 Å². The molecular weight excluding hydrogens is 314 g/mol. The lowest BCUT2D eigenvalue weighted by Crippen LogP contribution is -2.31. The standard InChI is InChI=1S/C19H27N5O/c1-12-6-5-7-17(13(12)2)14(3)21-19(25)18-15(4)24(23-22-18)16-8-10-20-11-9-16/h5-7,14,16,20H,8-11H2,1-4H3,(H,21,25). The molecule has 2 aromatic rings. The van der Waals surface area contributed by atoms with Gasteiger partial charge in [-0.05, 0) is 70.3 Å². The molecule has 2 heterocycles. The second-order valence-corrected chi connectivity index (χ2v) is 6.93. The Morgan fingerprint density at radius 2 is 2.00 bits per heavy atom. The van der Waals surface area contributed by atoms with Gasteiger partial charge in [0.05, 0.1) is 17.8 Å². The molecular formula is C19H27N5O.